The van der Waals surface area contributed by atoms with Gasteiger partial charge in [-0.1, -0.05) is 30.3 Å². The van der Waals surface area contributed by atoms with E-state index in [1.54, 1.807) is 0 Å². The van der Waals surface area contributed by atoms with Crippen molar-refractivity contribution >= 4 is 18.3 Å². The normalized spacial score (nSPS) is 18.7. The van der Waals surface area contributed by atoms with Gasteiger partial charge in [0.1, 0.15) is 0 Å². The molecule has 0 aromatic heterocycles. The van der Waals surface area contributed by atoms with Crippen LogP contribution in [-0.2, 0) is 11.2 Å². The Kier molecular flexibility index (Phi) is 6.07. The van der Waals surface area contributed by atoms with E-state index < -0.39 is 0 Å². The van der Waals surface area contributed by atoms with Crippen molar-refractivity contribution in [1.29, 1.82) is 0 Å². The van der Waals surface area contributed by atoms with Gasteiger partial charge in [-0.3, -0.25) is 4.79 Å². The lowest BCUT2D eigenvalue weighted by Gasteiger charge is -2.18. The first-order valence-electron chi connectivity index (χ1n) is 7.85. The second-order valence-electron chi connectivity index (χ2n) is 6.28. The molecule has 0 spiro atoms. The number of nitrogens with one attached hydrogen (secondary N) is 2. The molecule has 0 heterocycles. The summed E-state index contributed by atoms with van der Waals surface area (Å²) in [6, 6.07) is 10.8. The first kappa shape index (κ1) is 16.3. The van der Waals surface area contributed by atoms with Crippen molar-refractivity contribution in [2.75, 3.05) is 13.1 Å². The average molecular weight is 309 g/mol. The summed E-state index contributed by atoms with van der Waals surface area (Å²) >= 11 is 0. The highest BCUT2D eigenvalue weighted by Gasteiger charge is 2.32. The minimum atomic E-state index is 0. The lowest BCUT2D eigenvalue weighted by molar-refractivity contribution is -0.121. The Bertz CT molecular complexity index is 443. The van der Waals surface area contributed by atoms with Crippen molar-refractivity contribution in [3.8, 4) is 0 Å². The van der Waals surface area contributed by atoms with Crippen LogP contribution >= 0.6 is 12.4 Å². The molecule has 0 radical (unpaired) electrons. The van der Waals surface area contributed by atoms with E-state index in [1.807, 2.05) is 6.07 Å². The van der Waals surface area contributed by atoms with Gasteiger partial charge in [-0.05, 0) is 56.0 Å². The minimum Gasteiger partial charge on any atom is -0.352 e. The Morgan fingerprint density at radius 1 is 1.14 bits per heavy atom. The molecular formula is C17H25ClN2O. The zero-order chi connectivity index (χ0) is 13.8. The van der Waals surface area contributed by atoms with Gasteiger partial charge in [0.05, 0.1) is 6.54 Å². The van der Waals surface area contributed by atoms with E-state index in [9.17, 15) is 4.79 Å². The van der Waals surface area contributed by atoms with E-state index in [-0.39, 0.29) is 18.3 Å². The van der Waals surface area contributed by atoms with Crippen molar-refractivity contribution in [3.63, 3.8) is 0 Å². The maximum absolute atomic E-state index is 12.0. The molecule has 3 rings (SSSR count). The number of amides is 1. The molecule has 3 nitrogen and oxygen atoms in total. The number of hydrogen-bond acceptors (Lipinski definition) is 2. The number of carbonyl (C=O) groups is 1. The van der Waals surface area contributed by atoms with Crippen LogP contribution < -0.4 is 10.6 Å². The summed E-state index contributed by atoms with van der Waals surface area (Å²) in [6.45, 7) is 1.47. The number of benzene rings is 1. The van der Waals surface area contributed by atoms with Crippen LogP contribution in [0.2, 0.25) is 0 Å². The summed E-state index contributed by atoms with van der Waals surface area (Å²) in [5.41, 5.74) is 1.32. The summed E-state index contributed by atoms with van der Waals surface area (Å²) in [6.07, 6.45) is 6.13. The zero-order valence-corrected chi connectivity index (χ0v) is 13.2. The van der Waals surface area contributed by atoms with Gasteiger partial charge in [-0.2, -0.15) is 0 Å². The number of rotatable bonds is 8. The van der Waals surface area contributed by atoms with Crippen LogP contribution in [0, 0.1) is 11.8 Å². The molecule has 0 aliphatic heterocycles. The highest BCUT2D eigenvalue weighted by Crippen LogP contribution is 2.34. The Labute approximate surface area is 133 Å². The topological polar surface area (TPSA) is 41.1 Å². The van der Waals surface area contributed by atoms with Gasteiger partial charge in [-0.25, -0.2) is 0 Å². The highest BCUT2D eigenvalue weighted by molar-refractivity contribution is 5.85. The Morgan fingerprint density at radius 3 is 2.48 bits per heavy atom. The molecule has 2 saturated carbocycles. The smallest absolute Gasteiger partial charge is 0.234 e. The van der Waals surface area contributed by atoms with Crippen LogP contribution in [0.5, 0.6) is 0 Å². The maximum atomic E-state index is 12.0. The molecule has 116 valence electrons. The minimum absolute atomic E-state index is 0. The highest BCUT2D eigenvalue weighted by atomic mass is 35.5. The van der Waals surface area contributed by atoms with Gasteiger partial charge in [0.15, 0.2) is 0 Å². The van der Waals surface area contributed by atoms with E-state index in [0.29, 0.717) is 18.5 Å². The van der Waals surface area contributed by atoms with Crippen LogP contribution in [0.25, 0.3) is 0 Å². The maximum Gasteiger partial charge on any atom is 0.234 e. The van der Waals surface area contributed by atoms with Gasteiger partial charge >= 0.3 is 0 Å². The first-order valence-corrected chi connectivity index (χ1v) is 7.85. The molecule has 1 aromatic rings. The average Bonchev–Trinajstić information content (AvgIpc) is 3.32. The monoisotopic (exact) mass is 308 g/mol. The van der Waals surface area contributed by atoms with Crippen molar-refractivity contribution in [2.24, 2.45) is 11.8 Å². The van der Waals surface area contributed by atoms with Crippen molar-refractivity contribution in [3.05, 3.63) is 35.9 Å². The quantitative estimate of drug-likeness (QED) is 0.775. The predicted octanol–water partition coefficient (Wildman–Crippen LogP) is 2.55. The van der Waals surface area contributed by atoms with Crippen LogP contribution in [0.1, 0.15) is 31.2 Å². The lowest BCUT2D eigenvalue weighted by atomic mass is 10.0. The third-order valence-corrected chi connectivity index (χ3v) is 4.25. The largest absolute Gasteiger partial charge is 0.352 e. The summed E-state index contributed by atoms with van der Waals surface area (Å²) in [5, 5.41) is 6.48. The van der Waals surface area contributed by atoms with Gasteiger partial charge in [0.25, 0.3) is 0 Å². The molecule has 0 saturated heterocycles. The Hall–Kier alpha value is -1.06. The summed E-state index contributed by atoms with van der Waals surface area (Å²) in [7, 11) is 0. The molecule has 1 atom stereocenters. The molecule has 2 aliphatic carbocycles. The molecule has 2 fully saturated rings. The summed E-state index contributed by atoms with van der Waals surface area (Å²) in [5.74, 6) is 1.66. The van der Waals surface area contributed by atoms with E-state index in [1.165, 1.54) is 31.2 Å². The van der Waals surface area contributed by atoms with Crippen molar-refractivity contribution < 1.29 is 4.79 Å². The third-order valence-electron chi connectivity index (χ3n) is 4.25. The standard InChI is InChI=1S/C17H24N2O.ClH/c20-17(12-18-11-14-6-7-14)19-16(15-8-9-15)10-13-4-2-1-3-5-13;/h1-5,14-16,18H,6-12H2,(H,19,20);1H. The summed E-state index contributed by atoms with van der Waals surface area (Å²) in [4.78, 5) is 12.0. The van der Waals surface area contributed by atoms with E-state index >= 15 is 0 Å². The fourth-order valence-electron chi connectivity index (χ4n) is 2.67. The van der Waals surface area contributed by atoms with Crippen LogP contribution in [-0.4, -0.2) is 25.0 Å². The molecule has 21 heavy (non-hydrogen) atoms. The number of hydrogen-bond donors (Lipinski definition) is 2. The predicted molar refractivity (Wildman–Crippen MR) is 87.6 cm³/mol. The molecule has 4 heteroatoms. The molecule has 1 unspecified atom stereocenters. The van der Waals surface area contributed by atoms with Crippen molar-refractivity contribution in [1.82, 2.24) is 10.6 Å². The van der Waals surface area contributed by atoms with Gasteiger partial charge < -0.3 is 10.6 Å². The fourth-order valence-corrected chi connectivity index (χ4v) is 2.67. The van der Waals surface area contributed by atoms with E-state index in [2.05, 4.69) is 34.9 Å². The Morgan fingerprint density at radius 2 is 1.86 bits per heavy atom. The third kappa shape index (κ3) is 5.68. The van der Waals surface area contributed by atoms with Gasteiger partial charge in [-0.15, -0.1) is 12.4 Å². The van der Waals surface area contributed by atoms with E-state index in [0.717, 1.165) is 18.9 Å². The number of carbonyl (C=O) groups excluding carboxylic acids is 1. The van der Waals surface area contributed by atoms with Crippen LogP contribution in [0.15, 0.2) is 30.3 Å². The molecule has 2 N–H and O–H groups in total. The second-order valence-corrected chi connectivity index (χ2v) is 6.28. The van der Waals surface area contributed by atoms with Gasteiger partial charge in [0.2, 0.25) is 5.91 Å². The van der Waals surface area contributed by atoms with Gasteiger partial charge in [0, 0.05) is 6.04 Å². The molecule has 0 bridgehead atoms. The van der Waals surface area contributed by atoms with Crippen molar-refractivity contribution in [2.45, 2.75) is 38.1 Å². The second kappa shape index (κ2) is 7.81. The molecule has 1 amide bonds. The molecule has 1 aromatic carbocycles. The summed E-state index contributed by atoms with van der Waals surface area (Å²) < 4.78 is 0. The Balaban J connectivity index is 0.00000161. The number of halogens is 1. The molecule has 2 aliphatic rings. The SMILES string of the molecule is Cl.O=C(CNCC1CC1)NC(Cc1ccccc1)C1CC1. The molecular weight excluding hydrogens is 284 g/mol. The van der Waals surface area contributed by atoms with Crippen LogP contribution in [0.4, 0.5) is 0 Å². The fraction of sp³-hybridized carbons (Fsp3) is 0.588. The van der Waals surface area contributed by atoms with E-state index in [4.69, 9.17) is 0 Å². The first-order chi connectivity index (χ1) is 9.81. The zero-order valence-electron chi connectivity index (χ0n) is 12.4. The lowest BCUT2D eigenvalue weighted by Crippen LogP contribution is -2.43. The van der Waals surface area contributed by atoms with Crippen LogP contribution in [0.3, 0.4) is 0 Å².